The van der Waals surface area contributed by atoms with Gasteiger partial charge in [0.2, 0.25) is 0 Å². The van der Waals surface area contributed by atoms with Crippen LogP contribution in [-0.2, 0) is 0 Å². The summed E-state index contributed by atoms with van der Waals surface area (Å²) in [7, 11) is 2.98. The highest BCUT2D eigenvalue weighted by Gasteiger charge is 2.28. The third-order valence-electron chi connectivity index (χ3n) is 3.27. The molecule has 1 aromatic rings. The molecular formula is C17H27F3N4O2. The third-order valence-corrected chi connectivity index (χ3v) is 3.27. The van der Waals surface area contributed by atoms with Crippen LogP contribution in [-0.4, -0.2) is 64.0 Å². The Morgan fingerprint density at radius 2 is 1.96 bits per heavy atom. The highest BCUT2D eigenvalue weighted by Crippen LogP contribution is 2.30. The minimum Gasteiger partial charge on any atom is -0.493 e. The Kier molecular flexibility index (Phi) is 9.04. The van der Waals surface area contributed by atoms with Crippen molar-refractivity contribution in [1.29, 1.82) is 0 Å². The van der Waals surface area contributed by atoms with Gasteiger partial charge in [-0.2, -0.15) is 13.2 Å². The Morgan fingerprint density at radius 1 is 1.23 bits per heavy atom. The van der Waals surface area contributed by atoms with Crippen LogP contribution in [0.3, 0.4) is 0 Å². The number of benzene rings is 1. The van der Waals surface area contributed by atoms with E-state index in [1.54, 1.807) is 19.2 Å². The maximum Gasteiger partial charge on any atom is 0.401 e. The summed E-state index contributed by atoms with van der Waals surface area (Å²) in [6, 6.07) is 5.36. The fraction of sp³-hybridized carbons (Fsp3) is 0.588. The molecule has 0 saturated carbocycles. The molecule has 148 valence electrons. The normalized spacial score (nSPS) is 12.2. The minimum absolute atomic E-state index is 0.197. The molecule has 1 aromatic carbocycles. The average molecular weight is 376 g/mol. The fourth-order valence-electron chi connectivity index (χ4n) is 2.18. The number of methoxy groups -OCH3 is 1. The van der Waals surface area contributed by atoms with Crippen molar-refractivity contribution < 1.29 is 22.6 Å². The van der Waals surface area contributed by atoms with Crippen molar-refractivity contribution in [1.82, 2.24) is 10.2 Å². The fourth-order valence-corrected chi connectivity index (χ4v) is 2.18. The van der Waals surface area contributed by atoms with E-state index in [-0.39, 0.29) is 13.1 Å². The van der Waals surface area contributed by atoms with E-state index in [9.17, 15) is 13.2 Å². The minimum atomic E-state index is -4.21. The van der Waals surface area contributed by atoms with Crippen LogP contribution in [0.4, 0.5) is 18.9 Å². The molecule has 6 nitrogen and oxygen atoms in total. The van der Waals surface area contributed by atoms with E-state index in [4.69, 9.17) is 9.47 Å². The molecule has 0 aromatic heterocycles. The summed E-state index contributed by atoms with van der Waals surface area (Å²) in [4.78, 5) is 5.50. The quantitative estimate of drug-likeness (QED) is 0.513. The predicted molar refractivity (Wildman–Crippen MR) is 97.3 cm³/mol. The van der Waals surface area contributed by atoms with Crippen LogP contribution in [0.15, 0.2) is 23.2 Å². The predicted octanol–water partition coefficient (Wildman–Crippen LogP) is 2.97. The maximum absolute atomic E-state index is 12.3. The molecule has 0 radical (unpaired) electrons. The van der Waals surface area contributed by atoms with Gasteiger partial charge in [0.25, 0.3) is 0 Å². The summed E-state index contributed by atoms with van der Waals surface area (Å²) < 4.78 is 47.8. The highest BCUT2D eigenvalue weighted by atomic mass is 19.4. The summed E-state index contributed by atoms with van der Waals surface area (Å²) in [6.07, 6.45) is -4.21. The van der Waals surface area contributed by atoms with Crippen LogP contribution in [0.25, 0.3) is 0 Å². The van der Waals surface area contributed by atoms with Gasteiger partial charge < -0.3 is 20.1 Å². The number of halogens is 3. The number of ether oxygens (including phenoxy) is 2. The van der Waals surface area contributed by atoms with E-state index in [0.717, 1.165) is 5.69 Å². The first-order valence-corrected chi connectivity index (χ1v) is 8.40. The molecule has 9 heteroatoms. The number of hydrogen-bond acceptors (Lipinski definition) is 4. The first-order valence-electron chi connectivity index (χ1n) is 8.40. The Bertz CT molecular complexity index is 580. The van der Waals surface area contributed by atoms with Gasteiger partial charge >= 0.3 is 6.18 Å². The van der Waals surface area contributed by atoms with Crippen molar-refractivity contribution in [3.63, 3.8) is 0 Å². The van der Waals surface area contributed by atoms with Crippen molar-refractivity contribution in [2.45, 2.75) is 20.0 Å². The van der Waals surface area contributed by atoms with Crippen molar-refractivity contribution in [3.8, 4) is 11.5 Å². The van der Waals surface area contributed by atoms with E-state index >= 15 is 0 Å². The van der Waals surface area contributed by atoms with Gasteiger partial charge in [0, 0.05) is 24.8 Å². The Hall–Kier alpha value is -2.16. The zero-order valence-corrected chi connectivity index (χ0v) is 15.6. The molecule has 0 unspecified atom stereocenters. The lowest BCUT2D eigenvalue weighted by molar-refractivity contribution is -0.142. The lowest BCUT2D eigenvalue weighted by atomic mass is 10.2. The van der Waals surface area contributed by atoms with Gasteiger partial charge in [0.15, 0.2) is 17.5 Å². The molecule has 0 aliphatic heterocycles. The van der Waals surface area contributed by atoms with Gasteiger partial charge in [-0.05, 0) is 33.0 Å². The SMILES string of the molecule is CCNC(=NCCN(C)CC(F)(F)F)Nc1ccc(OC)c(OCC)c1. The molecule has 0 bridgehead atoms. The summed E-state index contributed by atoms with van der Waals surface area (Å²) in [5.41, 5.74) is 0.734. The zero-order valence-electron chi connectivity index (χ0n) is 15.6. The monoisotopic (exact) mass is 376 g/mol. The second-order valence-corrected chi connectivity index (χ2v) is 5.54. The summed E-state index contributed by atoms with van der Waals surface area (Å²) in [5, 5.41) is 6.17. The van der Waals surface area contributed by atoms with Crippen LogP contribution in [0.2, 0.25) is 0 Å². The van der Waals surface area contributed by atoms with E-state index in [1.807, 2.05) is 19.9 Å². The number of guanidine groups is 1. The van der Waals surface area contributed by atoms with Gasteiger partial charge in [0.1, 0.15) is 0 Å². The highest BCUT2D eigenvalue weighted by molar-refractivity contribution is 5.93. The summed E-state index contributed by atoms with van der Waals surface area (Å²) in [5.74, 6) is 1.70. The van der Waals surface area contributed by atoms with Crippen LogP contribution in [0.5, 0.6) is 11.5 Å². The van der Waals surface area contributed by atoms with Crippen LogP contribution < -0.4 is 20.1 Å². The third kappa shape index (κ3) is 8.28. The van der Waals surface area contributed by atoms with Gasteiger partial charge in [-0.25, -0.2) is 0 Å². The summed E-state index contributed by atoms with van der Waals surface area (Å²) in [6.45, 7) is 4.38. The number of rotatable bonds is 9. The first-order chi connectivity index (χ1) is 12.3. The average Bonchev–Trinajstić information content (AvgIpc) is 2.54. The molecule has 0 heterocycles. The molecule has 0 aliphatic rings. The van der Waals surface area contributed by atoms with Gasteiger partial charge in [-0.1, -0.05) is 0 Å². The number of anilines is 1. The maximum atomic E-state index is 12.3. The van der Waals surface area contributed by atoms with E-state index in [0.29, 0.717) is 30.6 Å². The molecule has 2 N–H and O–H groups in total. The summed E-state index contributed by atoms with van der Waals surface area (Å²) >= 11 is 0. The van der Waals surface area contributed by atoms with Crippen molar-refractivity contribution in [2.24, 2.45) is 4.99 Å². The smallest absolute Gasteiger partial charge is 0.401 e. The van der Waals surface area contributed by atoms with Crippen LogP contribution in [0.1, 0.15) is 13.8 Å². The standard InChI is InChI=1S/C17H27F3N4O2/c1-5-21-16(22-9-10-24(3)12-17(18,19)20)23-13-7-8-14(25-4)15(11-13)26-6-2/h7-8,11H,5-6,9-10,12H2,1-4H3,(H2,21,22,23). The zero-order chi connectivity index (χ0) is 19.6. The topological polar surface area (TPSA) is 58.1 Å². The Morgan fingerprint density at radius 3 is 2.54 bits per heavy atom. The van der Waals surface area contributed by atoms with E-state index in [2.05, 4.69) is 15.6 Å². The second-order valence-electron chi connectivity index (χ2n) is 5.54. The van der Waals surface area contributed by atoms with Crippen molar-refractivity contribution in [2.75, 3.05) is 52.3 Å². The molecule has 0 atom stereocenters. The van der Waals surface area contributed by atoms with Crippen molar-refractivity contribution in [3.05, 3.63) is 18.2 Å². The molecule has 1 rings (SSSR count). The van der Waals surface area contributed by atoms with Gasteiger partial charge in [0.05, 0.1) is 26.8 Å². The van der Waals surface area contributed by atoms with Gasteiger partial charge in [-0.15, -0.1) is 0 Å². The first kappa shape index (κ1) is 21.9. The van der Waals surface area contributed by atoms with Crippen LogP contribution in [0, 0.1) is 0 Å². The molecule has 0 saturated heterocycles. The number of aliphatic imine (C=N–C) groups is 1. The lowest BCUT2D eigenvalue weighted by Crippen LogP contribution is -2.34. The number of nitrogens with one attached hydrogen (secondary N) is 2. The number of likely N-dealkylation sites (N-methyl/N-ethyl adjacent to an activating group) is 1. The molecule has 26 heavy (non-hydrogen) atoms. The van der Waals surface area contributed by atoms with E-state index < -0.39 is 12.7 Å². The molecule has 0 fully saturated rings. The largest absolute Gasteiger partial charge is 0.493 e. The molecule has 0 spiro atoms. The second kappa shape index (κ2) is 10.7. The number of hydrogen-bond donors (Lipinski definition) is 2. The lowest BCUT2D eigenvalue weighted by Gasteiger charge is -2.18. The molecule has 0 aliphatic carbocycles. The van der Waals surface area contributed by atoms with Crippen molar-refractivity contribution >= 4 is 11.6 Å². The number of nitrogens with zero attached hydrogens (tertiary/aromatic N) is 2. The number of alkyl halides is 3. The Labute approximate surface area is 152 Å². The van der Waals surface area contributed by atoms with Crippen LogP contribution >= 0.6 is 0 Å². The van der Waals surface area contributed by atoms with E-state index in [1.165, 1.54) is 11.9 Å². The Balaban J connectivity index is 2.73. The van der Waals surface area contributed by atoms with Gasteiger partial charge in [-0.3, -0.25) is 9.89 Å². The molecule has 0 amide bonds. The molecular weight excluding hydrogens is 349 g/mol.